The summed E-state index contributed by atoms with van der Waals surface area (Å²) < 4.78 is 10.3. The van der Waals surface area contributed by atoms with E-state index in [0.29, 0.717) is 17.1 Å². The molecule has 6 nitrogen and oxygen atoms in total. The highest BCUT2D eigenvalue weighted by Crippen LogP contribution is 2.28. The third-order valence-corrected chi connectivity index (χ3v) is 3.52. The molecule has 1 atom stereocenters. The first kappa shape index (κ1) is 16.6. The van der Waals surface area contributed by atoms with Gasteiger partial charge in [-0.2, -0.15) is 0 Å². The monoisotopic (exact) mass is 316 g/mol. The van der Waals surface area contributed by atoms with Gasteiger partial charge in [-0.05, 0) is 36.8 Å². The van der Waals surface area contributed by atoms with E-state index in [0.717, 1.165) is 6.42 Å². The van der Waals surface area contributed by atoms with Crippen molar-refractivity contribution >= 4 is 23.2 Å². The van der Waals surface area contributed by atoms with E-state index >= 15 is 0 Å². The van der Waals surface area contributed by atoms with E-state index in [1.54, 1.807) is 30.3 Å². The second-order valence-electron chi connectivity index (χ2n) is 5.15. The maximum atomic E-state index is 12.1. The van der Waals surface area contributed by atoms with E-state index in [2.05, 4.69) is 10.6 Å². The molecule has 0 spiro atoms. The van der Waals surface area contributed by atoms with Gasteiger partial charge in [0.05, 0.1) is 19.1 Å². The summed E-state index contributed by atoms with van der Waals surface area (Å²) in [6.07, 6.45) is 2.18. The standard InChI is InChI=1S/C17H20N2O4/c1-4-11(2)16(20)18-12-7-8-14(22-3)13(10-12)19-17(21)15-6-5-9-23-15/h5-11H,4H2,1-3H3,(H,18,20)(H,19,21)/t11-/m0/s1. The molecule has 23 heavy (non-hydrogen) atoms. The summed E-state index contributed by atoms with van der Waals surface area (Å²) in [6, 6.07) is 8.26. The summed E-state index contributed by atoms with van der Waals surface area (Å²) >= 11 is 0. The van der Waals surface area contributed by atoms with Gasteiger partial charge in [-0.1, -0.05) is 13.8 Å². The number of rotatable bonds is 6. The first-order chi connectivity index (χ1) is 11.0. The maximum Gasteiger partial charge on any atom is 0.291 e. The molecular formula is C17H20N2O4. The number of carbonyl (C=O) groups excluding carboxylic acids is 2. The van der Waals surface area contributed by atoms with Gasteiger partial charge < -0.3 is 19.8 Å². The molecule has 0 aliphatic rings. The second-order valence-corrected chi connectivity index (χ2v) is 5.15. The van der Waals surface area contributed by atoms with E-state index in [1.807, 2.05) is 13.8 Å². The van der Waals surface area contributed by atoms with Gasteiger partial charge in [-0.3, -0.25) is 9.59 Å². The molecule has 2 rings (SSSR count). The van der Waals surface area contributed by atoms with Crippen LogP contribution in [0.5, 0.6) is 5.75 Å². The van der Waals surface area contributed by atoms with Crippen LogP contribution in [0, 0.1) is 5.92 Å². The fourth-order valence-corrected chi connectivity index (χ4v) is 1.93. The topological polar surface area (TPSA) is 80.6 Å². The van der Waals surface area contributed by atoms with Crippen molar-refractivity contribution in [1.29, 1.82) is 0 Å². The number of anilines is 2. The van der Waals surface area contributed by atoms with E-state index in [-0.39, 0.29) is 17.6 Å². The van der Waals surface area contributed by atoms with Crippen LogP contribution in [0.3, 0.4) is 0 Å². The maximum absolute atomic E-state index is 12.1. The molecule has 0 radical (unpaired) electrons. The Hall–Kier alpha value is -2.76. The number of hydrogen-bond donors (Lipinski definition) is 2. The Kier molecular flexibility index (Phi) is 5.41. The molecule has 0 bridgehead atoms. The smallest absolute Gasteiger partial charge is 0.291 e. The van der Waals surface area contributed by atoms with Crippen molar-refractivity contribution in [3.8, 4) is 5.75 Å². The van der Waals surface area contributed by atoms with Gasteiger partial charge in [-0.25, -0.2) is 0 Å². The molecule has 2 amide bonds. The lowest BCUT2D eigenvalue weighted by molar-refractivity contribution is -0.119. The Bertz CT molecular complexity index is 680. The molecule has 1 heterocycles. The van der Waals surface area contributed by atoms with Crippen LogP contribution in [-0.2, 0) is 4.79 Å². The zero-order chi connectivity index (χ0) is 16.8. The third kappa shape index (κ3) is 4.12. The zero-order valence-electron chi connectivity index (χ0n) is 13.4. The van der Waals surface area contributed by atoms with Crippen LogP contribution in [0.25, 0.3) is 0 Å². The van der Waals surface area contributed by atoms with Gasteiger partial charge >= 0.3 is 0 Å². The quantitative estimate of drug-likeness (QED) is 0.854. The van der Waals surface area contributed by atoms with Crippen molar-refractivity contribution in [2.45, 2.75) is 20.3 Å². The average molecular weight is 316 g/mol. The normalized spacial score (nSPS) is 11.6. The number of hydrogen-bond acceptors (Lipinski definition) is 4. The number of carbonyl (C=O) groups is 2. The summed E-state index contributed by atoms with van der Waals surface area (Å²) in [5.41, 5.74) is 1.04. The van der Waals surface area contributed by atoms with Crippen LogP contribution >= 0.6 is 0 Å². The van der Waals surface area contributed by atoms with Crippen LogP contribution in [0.1, 0.15) is 30.8 Å². The minimum Gasteiger partial charge on any atom is -0.495 e. The molecule has 1 aromatic heterocycles. The van der Waals surface area contributed by atoms with Crippen LogP contribution in [0.4, 0.5) is 11.4 Å². The zero-order valence-corrected chi connectivity index (χ0v) is 13.4. The Morgan fingerprint density at radius 2 is 2.04 bits per heavy atom. The first-order valence-electron chi connectivity index (χ1n) is 7.39. The van der Waals surface area contributed by atoms with Gasteiger partial charge in [-0.15, -0.1) is 0 Å². The fourth-order valence-electron chi connectivity index (χ4n) is 1.93. The molecule has 2 N–H and O–H groups in total. The SMILES string of the molecule is CC[C@H](C)C(=O)Nc1ccc(OC)c(NC(=O)c2ccco2)c1. The number of furan rings is 1. The van der Waals surface area contributed by atoms with Crippen molar-refractivity contribution in [3.05, 3.63) is 42.4 Å². The van der Waals surface area contributed by atoms with E-state index in [4.69, 9.17) is 9.15 Å². The van der Waals surface area contributed by atoms with E-state index in [9.17, 15) is 9.59 Å². The van der Waals surface area contributed by atoms with Crippen molar-refractivity contribution in [3.63, 3.8) is 0 Å². The molecule has 122 valence electrons. The number of benzene rings is 1. The summed E-state index contributed by atoms with van der Waals surface area (Å²) in [6.45, 7) is 3.81. The Morgan fingerprint density at radius 1 is 1.26 bits per heavy atom. The summed E-state index contributed by atoms with van der Waals surface area (Å²) in [5.74, 6) is 0.144. The van der Waals surface area contributed by atoms with Gasteiger partial charge in [0.25, 0.3) is 5.91 Å². The number of methoxy groups -OCH3 is 1. The predicted octanol–water partition coefficient (Wildman–Crippen LogP) is 3.53. The van der Waals surface area contributed by atoms with Crippen molar-refractivity contribution < 1.29 is 18.7 Å². The van der Waals surface area contributed by atoms with Crippen LogP contribution in [0.2, 0.25) is 0 Å². The highest BCUT2D eigenvalue weighted by atomic mass is 16.5. The lowest BCUT2D eigenvalue weighted by Gasteiger charge is -2.14. The first-order valence-corrected chi connectivity index (χ1v) is 7.39. The van der Waals surface area contributed by atoms with E-state index in [1.165, 1.54) is 13.4 Å². The third-order valence-electron chi connectivity index (χ3n) is 3.52. The van der Waals surface area contributed by atoms with Gasteiger partial charge in [0, 0.05) is 11.6 Å². The van der Waals surface area contributed by atoms with Crippen LogP contribution < -0.4 is 15.4 Å². The molecule has 0 fully saturated rings. The number of amides is 2. The van der Waals surface area contributed by atoms with Crippen molar-refractivity contribution in [2.75, 3.05) is 17.7 Å². The molecule has 1 aromatic carbocycles. The number of nitrogens with one attached hydrogen (secondary N) is 2. The van der Waals surface area contributed by atoms with Gasteiger partial charge in [0.1, 0.15) is 5.75 Å². The summed E-state index contributed by atoms with van der Waals surface area (Å²) in [5, 5.41) is 5.53. The minimum absolute atomic E-state index is 0.0685. The molecule has 0 unspecified atom stereocenters. The van der Waals surface area contributed by atoms with Crippen molar-refractivity contribution in [1.82, 2.24) is 0 Å². The second kappa shape index (κ2) is 7.49. The molecular weight excluding hydrogens is 296 g/mol. The highest BCUT2D eigenvalue weighted by Gasteiger charge is 2.15. The molecule has 0 saturated heterocycles. The summed E-state index contributed by atoms with van der Waals surface area (Å²) in [7, 11) is 1.51. The van der Waals surface area contributed by atoms with Crippen LogP contribution in [0.15, 0.2) is 41.0 Å². The predicted molar refractivity (Wildman–Crippen MR) is 87.7 cm³/mol. The fraction of sp³-hybridized carbons (Fsp3) is 0.294. The Balaban J connectivity index is 2.18. The number of ether oxygens (including phenoxy) is 1. The van der Waals surface area contributed by atoms with Crippen LogP contribution in [-0.4, -0.2) is 18.9 Å². The molecule has 0 aliphatic carbocycles. The average Bonchev–Trinajstić information content (AvgIpc) is 3.09. The molecule has 0 aliphatic heterocycles. The minimum atomic E-state index is -0.390. The molecule has 6 heteroatoms. The molecule has 2 aromatic rings. The highest BCUT2D eigenvalue weighted by molar-refractivity contribution is 6.03. The van der Waals surface area contributed by atoms with Gasteiger partial charge in [0.2, 0.25) is 5.91 Å². The van der Waals surface area contributed by atoms with Gasteiger partial charge in [0.15, 0.2) is 5.76 Å². The Labute approximate surface area is 134 Å². The summed E-state index contributed by atoms with van der Waals surface area (Å²) in [4.78, 5) is 24.1. The van der Waals surface area contributed by atoms with Crippen molar-refractivity contribution in [2.24, 2.45) is 5.92 Å². The van der Waals surface area contributed by atoms with E-state index < -0.39 is 5.91 Å². The Morgan fingerprint density at radius 3 is 2.65 bits per heavy atom. The lowest BCUT2D eigenvalue weighted by atomic mass is 10.1. The largest absolute Gasteiger partial charge is 0.495 e. The molecule has 0 saturated carbocycles. The lowest BCUT2D eigenvalue weighted by Crippen LogP contribution is -2.20.